The molecule has 0 fully saturated rings. The topological polar surface area (TPSA) is 63.8 Å². The Bertz CT molecular complexity index is 1150. The van der Waals surface area contributed by atoms with E-state index in [-0.39, 0.29) is 6.61 Å². The Hall–Kier alpha value is -3.31. The average Bonchev–Trinajstić information content (AvgIpc) is 2.83. The number of ether oxygens (including phenoxy) is 2. The number of hydrogen-bond acceptors (Lipinski definition) is 5. The Labute approximate surface area is 208 Å². The van der Waals surface area contributed by atoms with Crippen LogP contribution in [0.15, 0.2) is 78.5 Å². The first kappa shape index (κ1) is 24.3. The number of allylic oxidation sites excluding steroid dienone is 1. The summed E-state index contributed by atoms with van der Waals surface area (Å²) in [6.45, 7) is 6.98. The van der Waals surface area contributed by atoms with Gasteiger partial charge in [0.05, 0.1) is 24.5 Å². The maximum atomic E-state index is 9.19. The van der Waals surface area contributed by atoms with E-state index in [0.717, 1.165) is 22.3 Å². The number of rotatable bonds is 11. The quantitative estimate of drug-likeness (QED) is 0.119. The van der Waals surface area contributed by atoms with E-state index in [1.165, 1.54) is 3.57 Å². The fourth-order valence-electron chi connectivity index (χ4n) is 3.19. The molecular weight excluding hydrogens is 527 g/mol. The molecular formula is C27H25IN2O3. The molecule has 0 unspecified atom stereocenters. The normalized spacial score (nSPS) is 10.6. The minimum absolute atomic E-state index is 0.218. The van der Waals surface area contributed by atoms with Gasteiger partial charge in [-0.2, -0.15) is 5.26 Å². The Balaban J connectivity index is 1.77. The molecule has 168 valence electrons. The highest BCUT2D eigenvalue weighted by Crippen LogP contribution is 2.34. The van der Waals surface area contributed by atoms with E-state index in [0.29, 0.717) is 36.7 Å². The highest BCUT2D eigenvalue weighted by molar-refractivity contribution is 14.1. The predicted octanol–water partition coefficient (Wildman–Crippen LogP) is 6.42. The van der Waals surface area contributed by atoms with Gasteiger partial charge in [-0.3, -0.25) is 0 Å². The number of benzene rings is 3. The molecule has 5 nitrogen and oxygen atoms in total. The van der Waals surface area contributed by atoms with Crippen LogP contribution < -0.4 is 9.47 Å². The van der Waals surface area contributed by atoms with Gasteiger partial charge in [-0.05, 0) is 71.8 Å². The van der Waals surface area contributed by atoms with Gasteiger partial charge in [0.15, 0.2) is 11.5 Å². The minimum Gasteiger partial charge on any atom is -0.490 e. The minimum atomic E-state index is 0.218. The van der Waals surface area contributed by atoms with Crippen molar-refractivity contribution in [3.63, 3.8) is 0 Å². The van der Waals surface area contributed by atoms with Crippen molar-refractivity contribution in [2.75, 3.05) is 6.61 Å². The summed E-state index contributed by atoms with van der Waals surface area (Å²) in [5, 5.41) is 13.3. The first-order valence-corrected chi connectivity index (χ1v) is 11.6. The van der Waals surface area contributed by atoms with Gasteiger partial charge in [-0.15, -0.1) is 6.58 Å². The van der Waals surface area contributed by atoms with Crippen LogP contribution in [-0.2, 0) is 24.5 Å². The lowest BCUT2D eigenvalue weighted by atomic mass is 10.1. The molecule has 0 aliphatic rings. The third-order valence-electron chi connectivity index (χ3n) is 4.75. The first-order valence-electron chi connectivity index (χ1n) is 10.6. The Morgan fingerprint density at radius 1 is 1.03 bits per heavy atom. The second-order valence-corrected chi connectivity index (χ2v) is 8.37. The molecule has 0 saturated heterocycles. The molecule has 0 aromatic heterocycles. The zero-order chi connectivity index (χ0) is 23.5. The Kier molecular flexibility index (Phi) is 9.33. The van der Waals surface area contributed by atoms with Gasteiger partial charge in [-0.1, -0.05) is 41.6 Å². The van der Waals surface area contributed by atoms with Gasteiger partial charge in [-0.25, -0.2) is 0 Å². The van der Waals surface area contributed by atoms with Crippen LogP contribution in [0, 0.1) is 14.9 Å². The summed E-state index contributed by atoms with van der Waals surface area (Å²) < 4.78 is 13.2. The highest BCUT2D eigenvalue weighted by Gasteiger charge is 2.13. The molecule has 0 N–H and O–H groups in total. The van der Waals surface area contributed by atoms with E-state index in [4.69, 9.17) is 14.3 Å². The molecule has 3 rings (SSSR count). The van der Waals surface area contributed by atoms with Crippen molar-refractivity contribution in [3.8, 4) is 17.6 Å². The van der Waals surface area contributed by atoms with Crippen molar-refractivity contribution in [1.29, 1.82) is 5.26 Å². The monoisotopic (exact) mass is 552 g/mol. The summed E-state index contributed by atoms with van der Waals surface area (Å²) >= 11 is 2.28. The molecule has 33 heavy (non-hydrogen) atoms. The molecule has 0 atom stereocenters. The van der Waals surface area contributed by atoms with Gasteiger partial charge in [0.25, 0.3) is 0 Å². The predicted molar refractivity (Wildman–Crippen MR) is 139 cm³/mol. The second kappa shape index (κ2) is 12.7. The van der Waals surface area contributed by atoms with Crippen molar-refractivity contribution in [2.24, 2.45) is 5.16 Å². The van der Waals surface area contributed by atoms with Gasteiger partial charge in [0, 0.05) is 20.3 Å². The zero-order valence-electron chi connectivity index (χ0n) is 18.5. The summed E-state index contributed by atoms with van der Waals surface area (Å²) in [4.78, 5) is 5.44. The van der Waals surface area contributed by atoms with Crippen LogP contribution in [0.5, 0.6) is 11.5 Å². The molecule has 0 aliphatic heterocycles. The molecule has 3 aromatic carbocycles. The third-order valence-corrected chi connectivity index (χ3v) is 5.47. The summed E-state index contributed by atoms with van der Waals surface area (Å²) in [5.41, 5.74) is 4.23. The number of halogens is 1. The number of oxime groups is 1. The van der Waals surface area contributed by atoms with Crippen LogP contribution in [0.1, 0.15) is 34.7 Å². The molecule has 0 spiro atoms. The molecule has 0 bridgehead atoms. The summed E-state index contributed by atoms with van der Waals surface area (Å²) in [6.07, 6.45) is 4.09. The lowest BCUT2D eigenvalue weighted by molar-refractivity contribution is 0.132. The van der Waals surface area contributed by atoms with Crippen LogP contribution >= 0.6 is 22.6 Å². The molecule has 0 saturated carbocycles. The average molecular weight is 552 g/mol. The summed E-state index contributed by atoms with van der Waals surface area (Å²) in [7, 11) is 0. The van der Waals surface area contributed by atoms with Crippen LogP contribution in [0.25, 0.3) is 0 Å². The van der Waals surface area contributed by atoms with Crippen molar-refractivity contribution in [2.45, 2.75) is 26.6 Å². The molecule has 0 aliphatic carbocycles. The van der Waals surface area contributed by atoms with E-state index >= 15 is 0 Å². The molecule has 3 aromatic rings. The maximum absolute atomic E-state index is 9.19. The van der Waals surface area contributed by atoms with Crippen LogP contribution in [0.3, 0.4) is 0 Å². The van der Waals surface area contributed by atoms with E-state index in [1.807, 2.05) is 43.3 Å². The maximum Gasteiger partial charge on any atom is 0.165 e. The summed E-state index contributed by atoms with van der Waals surface area (Å²) in [6, 6.07) is 21.6. The molecule has 0 amide bonds. The number of nitrogens with zero attached hydrogens (tertiary/aromatic N) is 2. The van der Waals surface area contributed by atoms with Crippen molar-refractivity contribution in [1.82, 2.24) is 0 Å². The Morgan fingerprint density at radius 2 is 1.82 bits per heavy atom. The SMILES string of the molecule is C=CCc1cc(/C=N\OCc2ccccc2C#N)cc(OCC)c1OCc1ccc(I)cc1. The molecule has 0 radical (unpaired) electrons. The van der Waals surface area contributed by atoms with Crippen LogP contribution in [-0.4, -0.2) is 12.8 Å². The standard InChI is InChI=1S/C27H25IN2O3/c1-3-7-22-14-21(17-30-33-19-24-9-6-5-8-23(24)16-29)15-26(31-4-2)27(22)32-18-20-10-12-25(28)13-11-20/h3,5-6,8-15,17H,1,4,7,18-19H2,2H3/b30-17-. The van der Waals surface area contributed by atoms with Gasteiger partial charge < -0.3 is 14.3 Å². The van der Waals surface area contributed by atoms with Crippen molar-refractivity contribution < 1.29 is 14.3 Å². The van der Waals surface area contributed by atoms with Crippen molar-refractivity contribution >= 4 is 28.8 Å². The second-order valence-electron chi connectivity index (χ2n) is 7.13. The molecule has 6 heteroatoms. The Morgan fingerprint density at radius 3 is 2.55 bits per heavy atom. The van der Waals surface area contributed by atoms with Gasteiger partial charge in [0.2, 0.25) is 0 Å². The van der Waals surface area contributed by atoms with Crippen molar-refractivity contribution in [3.05, 3.63) is 105 Å². The lowest BCUT2D eigenvalue weighted by Gasteiger charge is -2.17. The largest absolute Gasteiger partial charge is 0.490 e. The van der Waals surface area contributed by atoms with Crippen LogP contribution in [0.2, 0.25) is 0 Å². The van der Waals surface area contributed by atoms with E-state index < -0.39 is 0 Å². The fraction of sp³-hybridized carbons (Fsp3) is 0.185. The molecule has 0 heterocycles. The number of nitriles is 1. The van der Waals surface area contributed by atoms with E-state index in [2.05, 4.69) is 64.7 Å². The first-order chi connectivity index (χ1) is 16.1. The highest BCUT2D eigenvalue weighted by atomic mass is 127. The lowest BCUT2D eigenvalue weighted by Crippen LogP contribution is -2.04. The van der Waals surface area contributed by atoms with Crippen LogP contribution in [0.4, 0.5) is 0 Å². The number of hydrogen-bond donors (Lipinski definition) is 0. The van der Waals surface area contributed by atoms with Gasteiger partial charge in [0.1, 0.15) is 13.2 Å². The van der Waals surface area contributed by atoms with Gasteiger partial charge >= 0.3 is 0 Å². The van der Waals surface area contributed by atoms with E-state index in [9.17, 15) is 5.26 Å². The zero-order valence-corrected chi connectivity index (χ0v) is 20.6. The fourth-order valence-corrected chi connectivity index (χ4v) is 3.55. The smallest absolute Gasteiger partial charge is 0.165 e. The summed E-state index contributed by atoms with van der Waals surface area (Å²) in [5.74, 6) is 1.36. The van der Waals surface area contributed by atoms with E-state index in [1.54, 1.807) is 12.3 Å². The third kappa shape index (κ3) is 7.09.